The maximum absolute atomic E-state index is 12.8. The lowest BCUT2D eigenvalue weighted by molar-refractivity contribution is -0.136. The van der Waals surface area contributed by atoms with Gasteiger partial charge in [0, 0.05) is 12.7 Å². The zero-order valence-electron chi connectivity index (χ0n) is 14.9. The summed E-state index contributed by atoms with van der Waals surface area (Å²) in [6.07, 6.45) is 0. The molecule has 0 fully saturated rings. The van der Waals surface area contributed by atoms with Crippen LogP contribution in [-0.4, -0.2) is 50.0 Å². The first-order valence-corrected chi connectivity index (χ1v) is 7.99. The summed E-state index contributed by atoms with van der Waals surface area (Å²) in [5.41, 5.74) is 0.688. The Balaban J connectivity index is 1.79. The number of esters is 1. The average Bonchev–Trinajstić information content (AvgIpc) is 2.67. The summed E-state index contributed by atoms with van der Waals surface area (Å²) in [6, 6.07) is 11.5. The predicted molar refractivity (Wildman–Crippen MR) is 95.9 cm³/mol. The van der Waals surface area contributed by atoms with Gasteiger partial charge in [0.15, 0.2) is 6.61 Å². The van der Waals surface area contributed by atoms with Crippen molar-refractivity contribution in [1.82, 2.24) is 4.90 Å². The molecule has 0 aromatic heterocycles. The maximum atomic E-state index is 12.8. The number of carbonyl (C=O) groups excluding carboxylic acids is 3. The van der Waals surface area contributed by atoms with Gasteiger partial charge in [-0.2, -0.15) is 0 Å². The average molecular weight is 374 g/mol. The maximum Gasteiger partial charge on any atom is 0.338 e. The zero-order chi connectivity index (χ0) is 19.8. The molecule has 27 heavy (non-hydrogen) atoms. The Labute approximate surface area is 155 Å². The normalized spacial score (nSPS) is 10.0. The highest BCUT2D eigenvalue weighted by molar-refractivity contribution is 5.95. The summed E-state index contributed by atoms with van der Waals surface area (Å²) in [6.45, 7) is -0.735. The molecule has 0 radical (unpaired) electrons. The number of ether oxygens (including phenoxy) is 2. The number of nitrogens with zero attached hydrogens (tertiary/aromatic N) is 1. The molecule has 0 bridgehead atoms. The van der Waals surface area contributed by atoms with Crippen LogP contribution in [0.15, 0.2) is 48.5 Å². The van der Waals surface area contributed by atoms with Gasteiger partial charge >= 0.3 is 5.97 Å². The van der Waals surface area contributed by atoms with Gasteiger partial charge in [-0.1, -0.05) is 0 Å². The molecule has 0 heterocycles. The quantitative estimate of drug-likeness (QED) is 0.750. The van der Waals surface area contributed by atoms with E-state index in [9.17, 15) is 18.8 Å². The van der Waals surface area contributed by atoms with E-state index in [1.54, 1.807) is 12.1 Å². The van der Waals surface area contributed by atoms with E-state index in [0.717, 1.165) is 4.90 Å². The van der Waals surface area contributed by atoms with Crippen LogP contribution in [0.3, 0.4) is 0 Å². The number of amides is 2. The molecular formula is C19H19FN2O5. The Kier molecular flexibility index (Phi) is 6.87. The highest BCUT2D eigenvalue weighted by Crippen LogP contribution is 2.12. The molecule has 0 aliphatic rings. The smallest absolute Gasteiger partial charge is 0.338 e. The number of rotatable bonds is 7. The van der Waals surface area contributed by atoms with Gasteiger partial charge in [-0.15, -0.1) is 0 Å². The second kappa shape index (κ2) is 9.33. The predicted octanol–water partition coefficient (Wildman–Crippen LogP) is 2.09. The lowest BCUT2D eigenvalue weighted by Gasteiger charge is -2.16. The number of methoxy groups -OCH3 is 1. The number of anilines is 1. The third-order valence-electron chi connectivity index (χ3n) is 3.59. The molecule has 1 N–H and O–H groups in total. The summed E-state index contributed by atoms with van der Waals surface area (Å²) in [5.74, 6) is -1.48. The molecule has 2 aromatic carbocycles. The number of hydrogen-bond donors (Lipinski definition) is 1. The van der Waals surface area contributed by atoms with Crippen molar-refractivity contribution < 1.29 is 28.2 Å². The van der Waals surface area contributed by atoms with Gasteiger partial charge in [0.2, 0.25) is 5.91 Å². The summed E-state index contributed by atoms with van der Waals surface area (Å²) in [4.78, 5) is 37.0. The fourth-order valence-corrected chi connectivity index (χ4v) is 2.09. The van der Waals surface area contributed by atoms with E-state index < -0.39 is 30.2 Å². The number of benzene rings is 2. The van der Waals surface area contributed by atoms with Crippen LogP contribution in [0.2, 0.25) is 0 Å². The summed E-state index contributed by atoms with van der Waals surface area (Å²) in [5, 5.41) is 2.54. The van der Waals surface area contributed by atoms with E-state index in [1.165, 1.54) is 50.6 Å². The monoisotopic (exact) mass is 374 g/mol. The van der Waals surface area contributed by atoms with Gasteiger partial charge in [0.1, 0.15) is 11.6 Å². The van der Waals surface area contributed by atoms with Gasteiger partial charge in [-0.3, -0.25) is 9.59 Å². The molecule has 2 aromatic rings. The minimum absolute atomic E-state index is 0.240. The van der Waals surface area contributed by atoms with E-state index in [1.807, 2.05) is 0 Å². The molecule has 7 nitrogen and oxygen atoms in total. The van der Waals surface area contributed by atoms with Crippen molar-refractivity contribution in [3.8, 4) is 5.75 Å². The summed E-state index contributed by atoms with van der Waals surface area (Å²) >= 11 is 0. The fourth-order valence-electron chi connectivity index (χ4n) is 2.09. The second-order valence-electron chi connectivity index (χ2n) is 5.61. The molecule has 0 aliphatic carbocycles. The van der Waals surface area contributed by atoms with Crippen molar-refractivity contribution in [3.05, 3.63) is 59.9 Å². The number of nitrogens with one attached hydrogen (secondary N) is 1. The first-order valence-electron chi connectivity index (χ1n) is 7.99. The molecule has 0 saturated carbocycles. The van der Waals surface area contributed by atoms with Crippen molar-refractivity contribution >= 4 is 23.5 Å². The molecular weight excluding hydrogens is 355 g/mol. The second-order valence-corrected chi connectivity index (χ2v) is 5.61. The molecule has 0 atom stereocenters. The third kappa shape index (κ3) is 6.10. The lowest BCUT2D eigenvalue weighted by atomic mass is 10.2. The van der Waals surface area contributed by atoms with Crippen molar-refractivity contribution in [2.75, 3.05) is 32.6 Å². The van der Waals surface area contributed by atoms with Gasteiger partial charge in [-0.25, -0.2) is 9.18 Å². The van der Waals surface area contributed by atoms with Crippen molar-refractivity contribution in [1.29, 1.82) is 0 Å². The first-order chi connectivity index (χ1) is 12.9. The largest absolute Gasteiger partial charge is 0.497 e. The molecule has 0 aliphatic heterocycles. The Morgan fingerprint density at radius 1 is 1.04 bits per heavy atom. The van der Waals surface area contributed by atoms with Crippen LogP contribution in [0.4, 0.5) is 10.1 Å². The number of carbonyl (C=O) groups is 3. The van der Waals surface area contributed by atoms with Crippen LogP contribution < -0.4 is 10.1 Å². The van der Waals surface area contributed by atoms with Crippen LogP contribution in [0.5, 0.6) is 5.75 Å². The van der Waals surface area contributed by atoms with Gasteiger partial charge in [-0.05, 0) is 48.5 Å². The third-order valence-corrected chi connectivity index (χ3v) is 3.59. The fraction of sp³-hybridized carbons (Fsp3) is 0.211. The SMILES string of the molecule is COc1ccc(C(=O)OCC(=O)N(C)CC(=O)Nc2ccc(F)cc2)cc1. The highest BCUT2D eigenvalue weighted by Gasteiger charge is 2.16. The molecule has 8 heteroatoms. The van der Waals surface area contributed by atoms with E-state index in [0.29, 0.717) is 11.4 Å². The van der Waals surface area contributed by atoms with E-state index in [-0.39, 0.29) is 12.1 Å². The first kappa shape index (κ1) is 19.9. The molecule has 2 amide bonds. The van der Waals surface area contributed by atoms with Gasteiger partial charge in [0.25, 0.3) is 5.91 Å². The number of hydrogen-bond acceptors (Lipinski definition) is 5. The highest BCUT2D eigenvalue weighted by atomic mass is 19.1. The van der Waals surface area contributed by atoms with Crippen molar-refractivity contribution in [2.24, 2.45) is 0 Å². The molecule has 2 rings (SSSR count). The zero-order valence-corrected chi connectivity index (χ0v) is 14.9. The van der Waals surface area contributed by atoms with Gasteiger partial charge in [0.05, 0.1) is 19.2 Å². The minimum Gasteiger partial charge on any atom is -0.497 e. The molecule has 0 unspecified atom stereocenters. The van der Waals surface area contributed by atoms with Gasteiger partial charge < -0.3 is 19.7 Å². The van der Waals surface area contributed by atoms with Crippen LogP contribution in [0, 0.1) is 5.82 Å². The molecule has 142 valence electrons. The number of halogens is 1. The number of likely N-dealkylation sites (N-methyl/N-ethyl adjacent to an activating group) is 1. The van der Waals surface area contributed by atoms with Crippen LogP contribution in [0.25, 0.3) is 0 Å². The van der Waals surface area contributed by atoms with E-state index in [2.05, 4.69) is 5.32 Å². The Bertz CT molecular complexity index is 806. The molecule has 0 spiro atoms. The van der Waals surface area contributed by atoms with Crippen molar-refractivity contribution in [2.45, 2.75) is 0 Å². The Hall–Kier alpha value is -3.42. The molecule has 0 saturated heterocycles. The lowest BCUT2D eigenvalue weighted by Crippen LogP contribution is -2.37. The Morgan fingerprint density at radius 3 is 2.26 bits per heavy atom. The van der Waals surface area contributed by atoms with E-state index in [4.69, 9.17) is 9.47 Å². The van der Waals surface area contributed by atoms with Crippen molar-refractivity contribution in [3.63, 3.8) is 0 Å². The standard InChI is InChI=1S/C19H19FN2O5/c1-22(11-17(23)21-15-7-5-14(20)6-8-15)18(24)12-27-19(25)13-3-9-16(26-2)10-4-13/h3-10H,11-12H2,1-2H3,(H,21,23). The summed E-state index contributed by atoms with van der Waals surface area (Å²) in [7, 11) is 2.92. The topological polar surface area (TPSA) is 84.9 Å². The minimum atomic E-state index is -0.657. The Morgan fingerprint density at radius 2 is 1.67 bits per heavy atom. The summed E-state index contributed by atoms with van der Waals surface area (Å²) < 4.78 is 22.8. The van der Waals surface area contributed by atoms with Crippen LogP contribution in [0.1, 0.15) is 10.4 Å². The van der Waals surface area contributed by atoms with E-state index >= 15 is 0 Å². The van der Waals surface area contributed by atoms with Crippen LogP contribution in [-0.2, 0) is 14.3 Å². The van der Waals surface area contributed by atoms with Crippen LogP contribution >= 0.6 is 0 Å².